The molecule has 1 aliphatic carbocycles. The van der Waals surface area contributed by atoms with E-state index in [1.165, 1.54) is 16.7 Å². The van der Waals surface area contributed by atoms with E-state index in [9.17, 15) is 0 Å². The Morgan fingerprint density at radius 3 is 2.88 bits per heavy atom. The molecule has 2 aliphatic rings. The number of pyridine rings is 1. The third-order valence-electron chi connectivity index (χ3n) is 3.09. The van der Waals surface area contributed by atoms with Crippen LogP contribution in [0, 0.1) is 0 Å². The average molecular weight is 204 g/mol. The van der Waals surface area contributed by atoms with Crippen molar-refractivity contribution in [1.29, 1.82) is 0 Å². The summed E-state index contributed by atoms with van der Waals surface area (Å²) in [6.07, 6.45) is 5.91. The molecule has 2 nitrogen and oxygen atoms in total. The molecule has 74 valence electrons. The quantitative estimate of drug-likeness (QED) is 0.647. The van der Waals surface area contributed by atoms with Crippen molar-refractivity contribution in [3.05, 3.63) is 59.4 Å². The molecule has 2 heteroatoms. The molecule has 0 N–H and O–H groups in total. The molecule has 4 rings (SSSR count). The van der Waals surface area contributed by atoms with Gasteiger partial charge in [-0.15, -0.1) is 0 Å². The smallest absolute Gasteiger partial charge is 0.0810 e. The number of para-hydroxylation sites is 1. The van der Waals surface area contributed by atoms with Crippen molar-refractivity contribution in [3.8, 4) is 0 Å². The highest BCUT2D eigenvalue weighted by molar-refractivity contribution is 6.43. The molecule has 0 saturated carbocycles. The van der Waals surface area contributed by atoms with Gasteiger partial charge in [-0.2, -0.15) is 0 Å². The second kappa shape index (κ2) is 2.67. The van der Waals surface area contributed by atoms with Gasteiger partial charge in [-0.3, -0.25) is 4.98 Å². The van der Waals surface area contributed by atoms with Crippen molar-refractivity contribution in [1.82, 2.24) is 4.98 Å². The first-order valence-corrected chi connectivity index (χ1v) is 5.28. The highest BCUT2D eigenvalue weighted by atomic mass is 14.8. The summed E-state index contributed by atoms with van der Waals surface area (Å²) in [5.41, 5.74) is 6.97. The number of rotatable bonds is 0. The zero-order valence-electron chi connectivity index (χ0n) is 8.51. The molecule has 0 spiro atoms. The van der Waals surface area contributed by atoms with Crippen LogP contribution < -0.4 is 0 Å². The maximum absolute atomic E-state index is 4.66. The molecule has 1 aromatic heterocycles. The summed E-state index contributed by atoms with van der Waals surface area (Å²) in [6, 6.07) is 10.3. The highest BCUT2D eigenvalue weighted by Crippen LogP contribution is 2.42. The lowest BCUT2D eigenvalue weighted by Crippen LogP contribution is -1.95. The second-order valence-electron chi connectivity index (χ2n) is 4.00. The Morgan fingerprint density at radius 1 is 0.938 bits per heavy atom. The Labute approximate surface area is 93.0 Å². The molecule has 0 radical (unpaired) electrons. The van der Waals surface area contributed by atoms with Gasteiger partial charge in [-0.25, -0.2) is 4.99 Å². The lowest BCUT2D eigenvalue weighted by atomic mass is 10.0. The van der Waals surface area contributed by atoms with Gasteiger partial charge in [-0.1, -0.05) is 18.2 Å². The Kier molecular flexibility index (Phi) is 1.33. The number of aromatic nitrogens is 1. The topological polar surface area (TPSA) is 25.2 Å². The largest absolute Gasteiger partial charge is 0.264 e. The summed E-state index contributed by atoms with van der Waals surface area (Å²) >= 11 is 0. The molecular formula is C14H8N2. The fraction of sp³-hybridized carbons (Fsp3) is 0. The molecule has 0 atom stereocenters. The minimum absolute atomic E-state index is 1.07. The van der Waals surface area contributed by atoms with E-state index in [2.05, 4.69) is 34.3 Å². The minimum atomic E-state index is 1.07. The van der Waals surface area contributed by atoms with Gasteiger partial charge >= 0.3 is 0 Å². The summed E-state index contributed by atoms with van der Waals surface area (Å²) in [5, 5.41) is 0. The fourth-order valence-corrected chi connectivity index (χ4v) is 2.34. The summed E-state index contributed by atoms with van der Waals surface area (Å²) in [6.45, 7) is 0. The van der Waals surface area contributed by atoms with Crippen LogP contribution in [-0.2, 0) is 0 Å². The van der Waals surface area contributed by atoms with Crippen LogP contribution in [0.1, 0.15) is 16.7 Å². The van der Waals surface area contributed by atoms with E-state index in [1.807, 2.05) is 24.5 Å². The zero-order valence-corrected chi connectivity index (χ0v) is 8.51. The predicted molar refractivity (Wildman–Crippen MR) is 64.7 cm³/mol. The summed E-state index contributed by atoms with van der Waals surface area (Å²) in [5.74, 6) is 0. The SMILES string of the molecule is C1=C2C(=Nc3ccccc32)c2cnccc21. The zero-order chi connectivity index (χ0) is 10.5. The van der Waals surface area contributed by atoms with Gasteiger partial charge in [0.1, 0.15) is 0 Å². The number of hydrogen-bond donors (Lipinski definition) is 0. The summed E-state index contributed by atoms with van der Waals surface area (Å²) in [7, 11) is 0. The molecule has 1 aromatic carbocycles. The Balaban J connectivity index is 2.03. The van der Waals surface area contributed by atoms with Gasteiger partial charge in [0.25, 0.3) is 0 Å². The van der Waals surface area contributed by atoms with Gasteiger partial charge in [0.2, 0.25) is 0 Å². The van der Waals surface area contributed by atoms with E-state index < -0.39 is 0 Å². The van der Waals surface area contributed by atoms with Crippen molar-refractivity contribution < 1.29 is 0 Å². The maximum atomic E-state index is 4.66. The van der Waals surface area contributed by atoms with E-state index in [0.717, 1.165) is 17.0 Å². The second-order valence-corrected chi connectivity index (χ2v) is 4.00. The van der Waals surface area contributed by atoms with E-state index in [4.69, 9.17) is 0 Å². The van der Waals surface area contributed by atoms with Crippen LogP contribution >= 0.6 is 0 Å². The molecule has 0 amide bonds. The Hall–Kier alpha value is -2.22. The average Bonchev–Trinajstić information content (AvgIpc) is 2.85. The first kappa shape index (κ1) is 7.99. The van der Waals surface area contributed by atoms with Crippen molar-refractivity contribution in [2.24, 2.45) is 4.99 Å². The van der Waals surface area contributed by atoms with Gasteiger partial charge < -0.3 is 0 Å². The molecule has 2 aromatic rings. The first-order chi connectivity index (χ1) is 7.93. The Bertz CT molecular complexity index is 606. The number of hydrogen-bond acceptors (Lipinski definition) is 2. The molecular weight excluding hydrogens is 196 g/mol. The van der Waals surface area contributed by atoms with Gasteiger partial charge in [0, 0.05) is 29.1 Å². The Morgan fingerprint density at radius 2 is 1.88 bits per heavy atom. The lowest BCUT2D eigenvalue weighted by molar-refractivity contribution is 1.31. The van der Waals surface area contributed by atoms with Crippen molar-refractivity contribution in [2.45, 2.75) is 0 Å². The normalized spacial score (nSPS) is 15.0. The van der Waals surface area contributed by atoms with E-state index in [0.29, 0.717) is 0 Å². The molecule has 0 fully saturated rings. The van der Waals surface area contributed by atoms with Crippen molar-refractivity contribution >= 4 is 23.0 Å². The van der Waals surface area contributed by atoms with Crippen LogP contribution in [-0.4, -0.2) is 10.7 Å². The molecule has 0 saturated heterocycles. The molecule has 0 bridgehead atoms. The summed E-state index contributed by atoms with van der Waals surface area (Å²) < 4.78 is 0. The van der Waals surface area contributed by atoms with Crippen LogP contribution in [0.3, 0.4) is 0 Å². The number of benzene rings is 1. The predicted octanol–water partition coefficient (Wildman–Crippen LogP) is 3.07. The number of allylic oxidation sites excluding steroid dienone is 1. The van der Waals surface area contributed by atoms with Gasteiger partial charge in [0.15, 0.2) is 0 Å². The number of fused-ring (bicyclic) bond motifs is 5. The van der Waals surface area contributed by atoms with Gasteiger partial charge in [0.05, 0.1) is 11.4 Å². The molecule has 2 heterocycles. The molecule has 0 unspecified atom stereocenters. The summed E-state index contributed by atoms with van der Waals surface area (Å²) in [4.78, 5) is 8.83. The van der Waals surface area contributed by atoms with Crippen LogP contribution in [0.25, 0.3) is 11.6 Å². The van der Waals surface area contributed by atoms with E-state index in [1.54, 1.807) is 0 Å². The van der Waals surface area contributed by atoms with Crippen LogP contribution in [0.2, 0.25) is 0 Å². The minimum Gasteiger partial charge on any atom is -0.264 e. The van der Waals surface area contributed by atoms with Gasteiger partial charge in [-0.05, 0) is 23.8 Å². The van der Waals surface area contributed by atoms with Crippen molar-refractivity contribution in [3.63, 3.8) is 0 Å². The van der Waals surface area contributed by atoms with Crippen LogP contribution in [0.5, 0.6) is 0 Å². The highest BCUT2D eigenvalue weighted by Gasteiger charge is 2.27. The standard InChI is InChI=1S/C14H8N2/c1-2-4-13-10(3-1)11-7-9-5-6-15-8-12(9)14(11)16-13/h1-8H. The molecule has 1 aliphatic heterocycles. The van der Waals surface area contributed by atoms with E-state index in [-0.39, 0.29) is 0 Å². The maximum Gasteiger partial charge on any atom is 0.0810 e. The lowest BCUT2D eigenvalue weighted by Gasteiger charge is -1.96. The third-order valence-corrected chi connectivity index (χ3v) is 3.09. The third kappa shape index (κ3) is 0.865. The van der Waals surface area contributed by atoms with Crippen molar-refractivity contribution in [2.75, 3.05) is 0 Å². The molecule has 16 heavy (non-hydrogen) atoms. The van der Waals surface area contributed by atoms with Crippen LogP contribution in [0.15, 0.2) is 47.7 Å². The number of nitrogens with zero attached hydrogens (tertiary/aromatic N) is 2. The fourth-order valence-electron chi connectivity index (χ4n) is 2.34. The monoisotopic (exact) mass is 204 g/mol. The van der Waals surface area contributed by atoms with Crippen LogP contribution in [0.4, 0.5) is 5.69 Å². The number of aliphatic imine (C=N–C) groups is 1. The first-order valence-electron chi connectivity index (χ1n) is 5.28. The van der Waals surface area contributed by atoms with E-state index >= 15 is 0 Å².